The molecule has 1 atom stereocenters. The second kappa shape index (κ2) is 2.47. The Hall–Kier alpha value is -0.750. The van der Waals surface area contributed by atoms with Gasteiger partial charge in [-0.3, -0.25) is 9.80 Å². The first-order chi connectivity index (χ1) is 4.63. The van der Waals surface area contributed by atoms with Gasteiger partial charge in [0, 0.05) is 5.75 Å². The van der Waals surface area contributed by atoms with Gasteiger partial charge in [-0.05, 0) is 0 Å². The quantitative estimate of drug-likeness (QED) is 0.400. The van der Waals surface area contributed by atoms with E-state index in [1.807, 2.05) is 0 Å². The molecule has 1 heterocycles. The van der Waals surface area contributed by atoms with Crippen LogP contribution in [0, 0.1) is 0 Å². The molecule has 0 aromatic rings. The number of hydrogen-bond donors (Lipinski definition) is 2. The van der Waals surface area contributed by atoms with E-state index < -0.39 is 12.0 Å². The maximum absolute atomic E-state index is 10.6. The van der Waals surface area contributed by atoms with Crippen LogP contribution in [0.25, 0.3) is 0 Å². The van der Waals surface area contributed by atoms with E-state index in [-0.39, 0.29) is 11.0 Å². The molecule has 0 aromatic carbocycles. The number of carbonyl (C=O) groups excluding carboxylic acids is 1. The first-order valence-corrected chi connectivity index (χ1v) is 3.55. The van der Waals surface area contributed by atoms with Crippen LogP contribution in [-0.2, 0) is 4.79 Å². The average molecular weight is 162 g/mol. The molecule has 56 valence electrons. The van der Waals surface area contributed by atoms with Crippen molar-refractivity contribution < 1.29 is 14.7 Å². The van der Waals surface area contributed by atoms with E-state index >= 15 is 0 Å². The van der Waals surface area contributed by atoms with Gasteiger partial charge < -0.3 is 5.11 Å². The fourth-order valence-corrected chi connectivity index (χ4v) is 1.50. The molecule has 1 aliphatic rings. The molecule has 5 nitrogen and oxygen atoms in total. The van der Waals surface area contributed by atoms with E-state index in [0.717, 1.165) is 16.8 Å². The minimum absolute atomic E-state index is 0.241. The molecule has 1 rings (SSSR count). The molecule has 0 radical (unpaired) electrons. The van der Waals surface area contributed by atoms with Crippen LogP contribution in [0.1, 0.15) is 0 Å². The molecule has 0 aromatic heterocycles. The molecule has 0 spiro atoms. The van der Waals surface area contributed by atoms with Crippen LogP contribution in [0.2, 0.25) is 0 Å². The predicted octanol–water partition coefficient (Wildman–Crippen LogP) is -0.518. The summed E-state index contributed by atoms with van der Waals surface area (Å²) in [6.07, 6.45) is 0. The predicted molar refractivity (Wildman–Crippen MR) is 35.3 cm³/mol. The summed E-state index contributed by atoms with van der Waals surface area (Å²) >= 11 is 0.923. The molecule has 3 N–H and O–H groups in total. The van der Waals surface area contributed by atoms with Crippen LogP contribution < -0.4 is 5.84 Å². The molecule has 0 aliphatic carbocycles. The molecule has 1 fully saturated rings. The minimum atomic E-state index is -1.05. The van der Waals surface area contributed by atoms with E-state index in [0.29, 0.717) is 0 Å². The molecule has 1 aliphatic heterocycles. The number of rotatable bonds is 1. The van der Waals surface area contributed by atoms with Crippen molar-refractivity contribution in [3.05, 3.63) is 0 Å². The van der Waals surface area contributed by atoms with Gasteiger partial charge >= 0.3 is 5.97 Å². The maximum Gasteiger partial charge on any atom is 0.328 e. The number of thioether (sulfide) groups is 1. The molecule has 1 amide bonds. The Labute approximate surface area is 61.1 Å². The van der Waals surface area contributed by atoms with Gasteiger partial charge in [-0.25, -0.2) is 10.6 Å². The summed E-state index contributed by atoms with van der Waals surface area (Å²) in [7, 11) is 0. The maximum atomic E-state index is 10.6. The summed E-state index contributed by atoms with van der Waals surface area (Å²) in [5.74, 6) is 4.29. The van der Waals surface area contributed by atoms with Crippen LogP contribution in [0.4, 0.5) is 4.79 Å². The van der Waals surface area contributed by atoms with Crippen LogP contribution in [0.5, 0.6) is 0 Å². The monoisotopic (exact) mass is 162 g/mol. The van der Waals surface area contributed by atoms with Crippen molar-refractivity contribution in [1.29, 1.82) is 0 Å². The first kappa shape index (κ1) is 7.36. The average Bonchev–Trinajstić information content (AvgIpc) is 2.14. The molecule has 6 heteroatoms. The van der Waals surface area contributed by atoms with Crippen LogP contribution in [-0.4, -0.2) is 33.1 Å². The van der Waals surface area contributed by atoms with Gasteiger partial charge in [0.2, 0.25) is 0 Å². The molecule has 0 saturated carbocycles. The highest BCUT2D eigenvalue weighted by molar-refractivity contribution is 8.13. The third-order valence-electron chi connectivity index (χ3n) is 1.20. The van der Waals surface area contributed by atoms with E-state index in [2.05, 4.69) is 0 Å². The third kappa shape index (κ3) is 1.07. The number of amides is 1. The Kier molecular flexibility index (Phi) is 1.82. The summed E-state index contributed by atoms with van der Waals surface area (Å²) in [6, 6.07) is -0.850. The van der Waals surface area contributed by atoms with E-state index in [1.54, 1.807) is 0 Å². The van der Waals surface area contributed by atoms with Gasteiger partial charge in [0.15, 0.2) is 6.04 Å². The highest BCUT2D eigenvalue weighted by atomic mass is 32.2. The van der Waals surface area contributed by atoms with Gasteiger partial charge in [0.05, 0.1) is 0 Å². The molecular formula is C4H6N2O3S. The molecule has 0 bridgehead atoms. The van der Waals surface area contributed by atoms with Crippen molar-refractivity contribution in [3.8, 4) is 0 Å². The standard InChI is InChI=1S/C4H6N2O3S/c5-6-2(3(7)8)1-10-4(6)9/h2H,1,5H2,(H,7,8). The smallest absolute Gasteiger partial charge is 0.328 e. The number of carboxylic acids is 1. The summed E-state index contributed by atoms with van der Waals surface area (Å²) in [4.78, 5) is 20.9. The number of hydrazine groups is 1. The highest BCUT2D eigenvalue weighted by Crippen LogP contribution is 2.19. The summed E-state index contributed by atoms with van der Waals surface area (Å²) in [5.41, 5.74) is 0. The normalized spacial score (nSPS) is 25.5. The summed E-state index contributed by atoms with van der Waals surface area (Å²) < 4.78 is 0. The fraction of sp³-hybridized carbons (Fsp3) is 0.500. The zero-order valence-electron chi connectivity index (χ0n) is 4.98. The van der Waals surface area contributed by atoms with Crippen LogP contribution in [0.3, 0.4) is 0 Å². The molecule has 10 heavy (non-hydrogen) atoms. The molecular weight excluding hydrogens is 156 g/mol. The molecule has 1 unspecified atom stereocenters. The SMILES string of the molecule is NN1C(=O)SCC1C(=O)O. The number of aliphatic carboxylic acids is 1. The molecule has 1 saturated heterocycles. The van der Waals surface area contributed by atoms with Crippen molar-refractivity contribution >= 4 is 23.0 Å². The van der Waals surface area contributed by atoms with Crippen LogP contribution in [0.15, 0.2) is 0 Å². The zero-order valence-corrected chi connectivity index (χ0v) is 5.80. The third-order valence-corrected chi connectivity index (χ3v) is 2.14. The van der Waals surface area contributed by atoms with Gasteiger partial charge in [0.1, 0.15) is 0 Å². The van der Waals surface area contributed by atoms with Gasteiger partial charge in [-0.1, -0.05) is 11.8 Å². The summed E-state index contributed by atoms with van der Waals surface area (Å²) in [6.45, 7) is 0. The first-order valence-electron chi connectivity index (χ1n) is 2.56. The topological polar surface area (TPSA) is 83.6 Å². The van der Waals surface area contributed by atoms with Gasteiger partial charge in [-0.15, -0.1) is 0 Å². The Morgan fingerprint density at radius 1 is 1.90 bits per heavy atom. The Bertz CT molecular complexity index is 183. The summed E-state index contributed by atoms with van der Waals surface area (Å²) in [5, 5.41) is 8.78. The van der Waals surface area contributed by atoms with E-state index in [1.165, 1.54) is 0 Å². The number of nitrogens with two attached hydrogens (primary N) is 1. The van der Waals surface area contributed by atoms with Gasteiger partial charge in [0.25, 0.3) is 5.24 Å². The lowest BCUT2D eigenvalue weighted by Crippen LogP contribution is -2.44. The largest absolute Gasteiger partial charge is 0.480 e. The minimum Gasteiger partial charge on any atom is -0.480 e. The van der Waals surface area contributed by atoms with E-state index in [9.17, 15) is 9.59 Å². The Balaban J connectivity index is 2.66. The highest BCUT2D eigenvalue weighted by Gasteiger charge is 2.34. The Morgan fingerprint density at radius 3 is 2.70 bits per heavy atom. The van der Waals surface area contributed by atoms with Crippen molar-refractivity contribution in [1.82, 2.24) is 5.01 Å². The Morgan fingerprint density at radius 2 is 2.50 bits per heavy atom. The van der Waals surface area contributed by atoms with Crippen LogP contribution >= 0.6 is 11.8 Å². The van der Waals surface area contributed by atoms with E-state index in [4.69, 9.17) is 10.9 Å². The van der Waals surface area contributed by atoms with Crippen molar-refractivity contribution in [3.63, 3.8) is 0 Å². The van der Waals surface area contributed by atoms with Crippen molar-refractivity contribution in [2.75, 3.05) is 5.75 Å². The number of carboxylic acid groups (broad SMARTS) is 1. The lowest BCUT2D eigenvalue weighted by molar-refractivity contribution is -0.141. The lowest BCUT2D eigenvalue weighted by Gasteiger charge is -2.12. The lowest BCUT2D eigenvalue weighted by atomic mass is 10.3. The zero-order chi connectivity index (χ0) is 7.72. The number of hydrogen-bond acceptors (Lipinski definition) is 4. The van der Waals surface area contributed by atoms with Gasteiger partial charge in [-0.2, -0.15) is 0 Å². The second-order valence-electron chi connectivity index (χ2n) is 1.84. The van der Waals surface area contributed by atoms with Crippen molar-refractivity contribution in [2.24, 2.45) is 5.84 Å². The number of carbonyl (C=O) groups is 2. The fourth-order valence-electron chi connectivity index (χ4n) is 0.623. The second-order valence-corrected chi connectivity index (χ2v) is 2.81. The van der Waals surface area contributed by atoms with Crippen molar-refractivity contribution in [2.45, 2.75) is 6.04 Å². The number of nitrogens with zero attached hydrogens (tertiary/aromatic N) is 1.